The first-order valence-corrected chi connectivity index (χ1v) is 7.16. The van der Waals surface area contributed by atoms with Crippen LogP contribution in [0.2, 0.25) is 0 Å². The molecule has 2 rings (SSSR count). The fraction of sp³-hybridized carbons (Fsp3) is 0.889. The van der Waals surface area contributed by atoms with Gasteiger partial charge in [0.25, 0.3) is 0 Å². The minimum atomic E-state index is -4.82. The molecule has 2 aliphatic rings. The van der Waals surface area contributed by atoms with Crippen LogP contribution in [0.15, 0.2) is 0 Å². The molecule has 0 aromatic carbocycles. The number of carboxylic acid groups (broad SMARTS) is 1. The molecule has 0 unspecified atom stereocenters. The van der Waals surface area contributed by atoms with Crippen LogP contribution in [0.25, 0.3) is 0 Å². The van der Waals surface area contributed by atoms with Crippen molar-refractivity contribution in [2.24, 2.45) is 0 Å². The number of carbonyl (C=O) groups is 1. The van der Waals surface area contributed by atoms with E-state index in [0.29, 0.717) is 0 Å². The third kappa shape index (κ3) is 13.5. The van der Waals surface area contributed by atoms with Crippen molar-refractivity contribution in [2.45, 2.75) is 0 Å². The first-order chi connectivity index (χ1) is 8.94. The molecule has 2 saturated heterocycles. The lowest BCUT2D eigenvalue weighted by molar-refractivity contribution is 0.109. The van der Waals surface area contributed by atoms with Crippen molar-refractivity contribution in [3.63, 3.8) is 0 Å². The number of nitrogens with one attached hydrogen (secondary N) is 2. The predicted octanol–water partition coefficient (Wildman–Crippen LogP) is -1.24. The van der Waals surface area contributed by atoms with Gasteiger partial charge in [0.1, 0.15) is 0 Å². The third-order valence-electron chi connectivity index (χ3n) is 1.91. The molecule has 0 bridgehead atoms. The Kier molecular flexibility index (Phi) is 10.6. The van der Waals surface area contributed by atoms with Gasteiger partial charge >= 0.3 is 15.4 Å². The maximum Gasteiger partial charge on any atom is 0.449 e. The van der Waals surface area contributed by atoms with Crippen LogP contribution in [0.3, 0.4) is 0 Å². The molecular formula is C9H20N2O7S. The van der Waals surface area contributed by atoms with E-state index in [1.54, 1.807) is 0 Å². The van der Waals surface area contributed by atoms with Crippen LogP contribution in [0.5, 0.6) is 0 Å². The van der Waals surface area contributed by atoms with E-state index in [0.717, 1.165) is 52.6 Å². The average molecular weight is 300 g/mol. The van der Waals surface area contributed by atoms with Gasteiger partial charge < -0.3 is 25.2 Å². The molecule has 4 N–H and O–H groups in total. The van der Waals surface area contributed by atoms with Gasteiger partial charge in [0.15, 0.2) is 0 Å². The van der Waals surface area contributed by atoms with Crippen molar-refractivity contribution in [1.82, 2.24) is 10.6 Å². The molecule has 0 aromatic heterocycles. The molecule has 9 nitrogen and oxygen atoms in total. The summed E-state index contributed by atoms with van der Waals surface area (Å²) in [5.41, 5.74) is 0. The number of hydrogen-bond donors (Lipinski definition) is 4. The second kappa shape index (κ2) is 11.1. The molecule has 2 heterocycles. The van der Waals surface area contributed by atoms with Crippen LogP contribution in [0.1, 0.15) is 0 Å². The molecule has 2 fully saturated rings. The quantitative estimate of drug-likeness (QED) is 0.405. The molecule has 0 aliphatic carbocycles. The van der Waals surface area contributed by atoms with Gasteiger partial charge in [0.05, 0.1) is 26.4 Å². The van der Waals surface area contributed by atoms with E-state index in [4.69, 9.17) is 19.1 Å². The van der Waals surface area contributed by atoms with Crippen LogP contribution < -0.4 is 10.6 Å². The van der Waals surface area contributed by atoms with E-state index < -0.39 is 15.4 Å². The van der Waals surface area contributed by atoms with Crippen molar-refractivity contribution in [1.29, 1.82) is 0 Å². The van der Waals surface area contributed by atoms with Crippen LogP contribution in [0, 0.1) is 0 Å². The van der Waals surface area contributed by atoms with Gasteiger partial charge in [0, 0.05) is 26.2 Å². The maximum atomic E-state index is 9.29. The molecule has 0 saturated carbocycles. The lowest BCUT2D eigenvalue weighted by Crippen LogP contribution is -2.30. The van der Waals surface area contributed by atoms with E-state index in [2.05, 4.69) is 10.6 Å². The first-order valence-electron chi connectivity index (χ1n) is 5.72. The van der Waals surface area contributed by atoms with Gasteiger partial charge in [-0.1, -0.05) is 0 Å². The number of ether oxygens (including phenoxy) is 2. The van der Waals surface area contributed by atoms with Gasteiger partial charge in [-0.15, -0.1) is 0 Å². The molecule has 114 valence electrons. The zero-order valence-corrected chi connectivity index (χ0v) is 11.3. The normalized spacial score (nSPS) is 19.2. The molecular weight excluding hydrogens is 280 g/mol. The van der Waals surface area contributed by atoms with Gasteiger partial charge in [-0.3, -0.25) is 4.55 Å². The highest BCUT2D eigenvalue weighted by atomic mass is 32.2. The Morgan fingerprint density at radius 2 is 1.16 bits per heavy atom. The van der Waals surface area contributed by atoms with Crippen LogP contribution in [0.4, 0.5) is 4.79 Å². The molecule has 0 aromatic rings. The SMILES string of the molecule is C1COCCN1.C1COCCN1.O=C(O)S(=O)(=O)O. The van der Waals surface area contributed by atoms with E-state index >= 15 is 0 Å². The molecule has 0 radical (unpaired) electrons. The van der Waals surface area contributed by atoms with Crippen LogP contribution in [-0.4, -0.2) is 76.0 Å². The van der Waals surface area contributed by atoms with E-state index in [-0.39, 0.29) is 0 Å². The zero-order chi connectivity index (χ0) is 14.6. The largest absolute Gasteiger partial charge is 0.468 e. The Morgan fingerprint density at radius 1 is 0.895 bits per heavy atom. The van der Waals surface area contributed by atoms with Crippen molar-refractivity contribution in [3.05, 3.63) is 0 Å². The van der Waals surface area contributed by atoms with E-state index in [9.17, 15) is 13.2 Å². The van der Waals surface area contributed by atoms with E-state index in [1.807, 2.05) is 0 Å². The molecule has 0 spiro atoms. The first kappa shape index (κ1) is 18.2. The third-order valence-corrected chi connectivity index (χ3v) is 2.35. The summed E-state index contributed by atoms with van der Waals surface area (Å²) in [6, 6.07) is 0. The number of morpholine rings is 2. The Labute approximate surface area is 112 Å². The monoisotopic (exact) mass is 300 g/mol. The summed E-state index contributed by atoms with van der Waals surface area (Å²) in [5.74, 6) is 0. The Bertz CT molecular complexity index is 290. The van der Waals surface area contributed by atoms with Gasteiger partial charge in [-0.25, -0.2) is 4.79 Å². The molecule has 0 amide bonds. The van der Waals surface area contributed by atoms with Crippen LogP contribution in [-0.2, 0) is 19.6 Å². The lowest BCUT2D eigenvalue weighted by Gasteiger charge is -2.10. The second-order valence-corrected chi connectivity index (χ2v) is 4.77. The van der Waals surface area contributed by atoms with Crippen molar-refractivity contribution in [2.75, 3.05) is 52.6 Å². The zero-order valence-electron chi connectivity index (χ0n) is 10.5. The summed E-state index contributed by atoms with van der Waals surface area (Å²) >= 11 is 0. The topological polar surface area (TPSA) is 134 Å². The highest BCUT2D eigenvalue weighted by Crippen LogP contribution is 1.79. The predicted molar refractivity (Wildman–Crippen MR) is 67.0 cm³/mol. The van der Waals surface area contributed by atoms with Gasteiger partial charge in [0.2, 0.25) is 0 Å². The fourth-order valence-electron chi connectivity index (χ4n) is 1.03. The average Bonchev–Trinajstić information content (AvgIpc) is 2.43. The summed E-state index contributed by atoms with van der Waals surface area (Å²) in [6.45, 7) is 7.67. The second-order valence-electron chi connectivity index (χ2n) is 3.47. The molecule has 10 heteroatoms. The molecule has 2 aliphatic heterocycles. The fourth-order valence-corrected chi connectivity index (χ4v) is 1.03. The summed E-state index contributed by atoms with van der Waals surface area (Å²) in [7, 11) is -4.82. The highest BCUT2D eigenvalue weighted by Gasteiger charge is 2.14. The summed E-state index contributed by atoms with van der Waals surface area (Å²) in [5, 5.41) is 11.5. The Balaban J connectivity index is 0.000000256. The number of rotatable bonds is 0. The smallest absolute Gasteiger partial charge is 0.449 e. The maximum absolute atomic E-state index is 9.29. The Morgan fingerprint density at radius 3 is 1.21 bits per heavy atom. The van der Waals surface area contributed by atoms with Gasteiger partial charge in [-0.2, -0.15) is 8.42 Å². The summed E-state index contributed by atoms with van der Waals surface area (Å²) in [6.07, 6.45) is 0. The number of hydrogen-bond acceptors (Lipinski definition) is 7. The Hall–Kier alpha value is -0.780. The lowest BCUT2D eigenvalue weighted by atomic mass is 10.5. The minimum Gasteiger partial charge on any atom is -0.468 e. The van der Waals surface area contributed by atoms with Crippen molar-refractivity contribution < 1.29 is 32.3 Å². The highest BCUT2D eigenvalue weighted by molar-refractivity contribution is 8.00. The van der Waals surface area contributed by atoms with Crippen molar-refractivity contribution in [3.8, 4) is 0 Å². The molecule has 0 atom stereocenters. The summed E-state index contributed by atoms with van der Waals surface area (Å²) < 4.78 is 36.1. The molecule has 19 heavy (non-hydrogen) atoms. The minimum absolute atomic E-state index is 0.889. The standard InChI is InChI=1S/2C4H9NO.CH2O5S/c2*1-3-6-4-2-5-1;2-1(3)7(4,5)6/h2*5H,1-4H2;(H,2,3)(H,4,5,6). The van der Waals surface area contributed by atoms with Crippen LogP contribution >= 0.6 is 0 Å². The van der Waals surface area contributed by atoms with Gasteiger partial charge in [-0.05, 0) is 0 Å². The summed E-state index contributed by atoms with van der Waals surface area (Å²) in [4.78, 5) is 9.18. The van der Waals surface area contributed by atoms with E-state index in [1.165, 1.54) is 0 Å². The van der Waals surface area contributed by atoms with Crippen molar-refractivity contribution >= 4 is 15.4 Å².